The molecule has 0 aliphatic carbocycles. The summed E-state index contributed by atoms with van der Waals surface area (Å²) in [5.74, 6) is 1.24. The van der Waals surface area contributed by atoms with Crippen molar-refractivity contribution in [1.82, 2.24) is 0 Å². The maximum Gasteiger partial charge on any atom is 0.0755 e. The molecule has 0 saturated heterocycles. The lowest BCUT2D eigenvalue weighted by atomic mass is 10.1. The van der Waals surface area contributed by atoms with E-state index in [0.29, 0.717) is 0 Å². The highest BCUT2D eigenvalue weighted by Crippen LogP contribution is 2.35. The summed E-state index contributed by atoms with van der Waals surface area (Å²) in [6, 6.07) is 15.0. The van der Waals surface area contributed by atoms with Crippen molar-refractivity contribution in [2.75, 3.05) is 0 Å². The van der Waals surface area contributed by atoms with Gasteiger partial charge in [0, 0.05) is 14.5 Å². The lowest BCUT2D eigenvalue weighted by Crippen LogP contribution is -1.91. The van der Waals surface area contributed by atoms with Crippen molar-refractivity contribution in [3.8, 4) is 0 Å². The van der Waals surface area contributed by atoms with Crippen molar-refractivity contribution in [3.05, 3.63) is 76.2 Å². The zero-order chi connectivity index (χ0) is 11.7. The molecule has 3 aromatic rings. The summed E-state index contributed by atoms with van der Waals surface area (Å²) >= 11 is 3.59. The van der Waals surface area contributed by atoms with Gasteiger partial charge in [-0.15, -0.1) is 29.3 Å². The Labute approximate surface area is 109 Å². The number of fused-ring (bicyclic) bond motifs is 1. The molecule has 0 unspecified atom stereocenters. The maximum atomic E-state index is 3.94. The first-order chi connectivity index (χ1) is 8.38. The van der Waals surface area contributed by atoms with E-state index in [0.717, 1.165) is 0 Å². The van der Waals surface area contributed by atoms with E-state index in [1.807, 2.05) is 17.4 Å². The quantitative estimate of drug-likeness (QED) is 0.609. The Kier molecular flexibility index (Phi) is 2.83. The number of allylic oxidation sites excluding steroid dienone is 1. The van der Waals surface area contributed by atoms with Gasteiger partial charge in [-0.3, -0.25) is 0 Å². The minimum absolute atomic E-state index is 1.24. The van der Waals surface area contributed by atoms with Crippen LogP contribution in [0.3, 0.4) is 0 Å². The maximum absolute atomic E-state index is 3.94. The van der Waals surface area contributed by atoms with Gasteiger partial charge < -0.3 is 0 Å². The van der Waals surface area contributed by atoms with Crippen molar-refractivity contribution in [2.24, 2.45) is 0 Å². The SMILES string of the molecule is C=C[C](c1cccs1)c1cc2ccccc2s1. The topological polar surface area (TPSA) is 0 Å². The Balaban J connectivity index is 2.10. The minimum Gasteiger partial charge on any atom is -0.148 e. The molecular weight excluding hydrogens is 244 g/mol. The van der Waals surface area contributed by atoms with Crippen LogP contribution in [0.2, 0.25) is 0 Å². The minimum atomic E-state index is 1.24. The van der Waals surface area contributed by atoms with Gasteiger partial charge in [-0.25, -0.2) is 0 Å². The smallest absolute Gasteiger partial charge is 0.0755 e. The molecule has 0 fully saturated rings. The first-order valence-corrected chi connectivity index (χ1v) is 7.10. The molecule has 2 heterocycles. The van der Waals surface area contributed by atoms with Crippen LogP contribution >= 0.6 is 22.7 Å². The first-order valence-electron chi connectivity index (χ1n) is 5.41. The molecule has 3 rings (SSSR count). The van der Waals surface area contributed by atoms with Gasteiger partial charge in [0.1, 0.15) is 0 Å². The standard InChI is InChI=1S/C15H11S2/c1-2-12(14-8-5-9-16-14)15-10-11-6-3-4-7-13(11)17-15/h2-10H,1H2. The molecule has 1 radical (unpaired) electrons. The summed E-state index contributed by atoms with van der Waals surface area (Å²) in [6.45, 7) is 3.94. The fourth-order valence-corrected chi connectivity index (χ4v) is 3.83. The van der Waals surface area contributed by atoms with Crippen LogP contribution in [0.25, 0.3) is 10.1 Å². The highest BCUT2D eigenvalue weighted by atomic mass is 32.1. The van der Waals surface area contributed by atoms with Gasteiger partial charge >= 0.3 is 0 Å². The van der Waals surface area contributed by atoms with Gasteiger partial charge in [0.05, 0.1) is 5.92 Å². The van der Waals surface area contributed by atoms with Gasteiger partial charge in [0.2, 0.25) is 0 Å². The van der Waals surface area contributed by atoms with E-state index in [4.69, 9.17) is 0 Å². The van der Waals surface area contributed by atoms with Gasteiger partial charge in [-0.05, 0) is 29.0 Å². The largest absolute Gasteiger partial charge is 0.148 e. The lowest BCUT2D eigenvalue weighted by molar-refractivity contribution is 1.42. The van der Waals surface area contributed by atoms with E-state index in [9.17, 15) is 0 Å². The van der Waals surface area contributed by atoms with E-state index >= 15 is 0 Å². The molecule has 0 amide bonds. The van der Waals surface area contributed by atoms with Crippen LogP contribution < -0.4 is 0 Å². The Hall–Kier alpha value is -1.38. The van der Waals surface area contributed by atoms with Crippen molar-refractivity contribution in [1.29, 1.82) is 0 Å². The van der Waals surface area contributed by atoms with Crippen LogP contribution in [0, 0.1) is 5.92 Å². The molecule has 0 spiro atoms. The molecule has 0 aliphatic rings. The summed E-state index contributed by atoms with van der Waals surface area (Å²) < 4.78 is 1.33. The highest BCUT2D eigenvalue weighted by molar-refractivity contribution is 7.19. The van der Waals surface area contributed by atoms with Crippen LogP contribution in [0.1, 0.15) is 9.75 Å². The predicted octanol–water partition coefficient (Wildman–Crippen LogP) is 5.12. The van der Waals surface area contributed by atoms with Gasteiger partial charge in [0.25, 0.3) is 0 Å². The van der Waals surface area contributed by atoms with E-state index in [1.165, 1.54) is 25.8 Å². The van der Waals surface area contributed by atoms with Crippen LogP contribution in [-0.2, 0) is 0 Å². The van der Waals surface area contributed by atoms with E-state index in [2.05, 4.69) is 54.4 Å². The monoisotopic (exact) mass is 255 g/mol. The normalized spacial score (nSPS) is 11.1. The van der Waals surface area contributed by atoms with E-state index < -0.39 is 0 Å². The average molecular weight is 255 g/mol. The Morgan fingerprint density at radius 1 is 1.06 bits per heavy atom. The second-order valence-electron chi connectivity index (χ2n) is 3.74. The second kappa shape index (κ2) is 4.47. The van der Waals surface area contributed by atoms with Crippen molar-refractivity contribution < 1.29 is 0 Å². The zero-order valence-corrected chi connectivity index (χ0v) is 10.9. The Morgan fingerprint density at radius 3 is 2.65 bits per heavy atom. The summed E-state index contributed by atoms with van der Waals surface area (Å²) in [6.07, 6.45) is 1.95. The van der Waals surface area contributed by atoms with Crippen LogP contribution in [0.5, 0.6) is 0 Å². The molecule has 83 valence electrons. The fraction of sp³-hybridized carbons (Fsp3) is 0. The van der Waals surface area contributed by atoms with Crippen LogP contribution in [0.4, 0.5) is 0 Å². The number of thiophene rings is 2. The molecule has 2 aromatic heterocycles. The Morgan fingerprint density at radius 2 is 1.94 bits per heavy atom. The number of benzene rings is 1. The summed E-state index contributed by atoms with van der Waals surface area (Å²) in [4.78, 5) is 2.58. The molecule has 17 heavy (non-hydrogen) atoms. The lowest BCUT2D eigenvalue weighted by Gasteiger charge is -2.05. The van der Waals surface area contributed by atoms with Crippen molar-refractivity contribution in [2.45, 2.75) is 0 Å². The van der Waals surface area contributed by atoms with Gasteiger partial charge in [0.15, 0.2) is 0 Å². The molecule has 0 nitrogen and oxygen atoms in total. The molecule has 0 saturated carbocycles. The first kappa shape index (κ1) is 10.8. The third-order valence-electron chi connectivity index (χ3n) is 2.68. The fourth-order valence-electron chi connectivity index (χ4n) is 1.87. The van der Waals surface area contributed by atoms with Gasteiger partial charge in [-0.2, -0.15) is 0 Å². The summed E-state index contributed by atoms with van der Waals surface area (Å²) in [5.41, 5.74) is 0. The molecule has 0 N–H and O–H groups in total. The van der Waals surface area contributed by atoms with Crippen molar-refractivity contribution in [3.63, 3.8) is 0 Å². The molecular formula is C15H11S2. The molecule has 0 atom stereocenters. The molecule has 0 aliphatic heterocycles. The molecule has 0 bridgehead atoms. The van der Waals surface area contributed by atoms with E-state index in [1.54, 1.807) is 11.3 Å². The average Bonchev–Trinajstić information content (AvgIpc) is 2.98. The third-order valence-corrected chi connectivity index (χ3v) is 4.73. The number of hydrogen-bond donors (Lipinski definition) is 0. The van der Waals surface area contributed by atoms with Crippen molar-refractivity contribution >= 4 is 32.8 Å². The van der Waals surface area contributed by atoms with Crippen LogP contribution in [-0.4, -0.2) is 0 Å². The third kappa shape index (κ3) is 1.94. The Bertz CT molecular complexity index is 599. The van der Waals surface area contributed by atoms with Gasteiger partial charge in [-0.1, -0.05) is 30.3 Å². The summed E-state index contributed by atoms with van der Waals surface area (Å²) in [5, 5.41) is 3.41. The van der Waals surface area contributed by atoms with E-state index in [-0.39, 0.29) is 0 Å². The second-order valence-corrected chi connectivity index (χ2v) is 5.78. The molecule has 2 heteroatoms. The highest BCUT2D eigenvalue weighted by Gasteiger charge is 2.15. The zero-order valence-electron chi connectivity index (χ0n) is 9.22. The predicted molar refractivity (Wildman–Crippen MR) is 77.8 cm³/mol. The van der Waals surface area contributed by atoms with Crippen LogP contribution in [0.15, 0.2) is 60.5 Å². The number of rotatable bonds is 3. The summed E-state index contributed by atoms with van der Waals surface area (Å²) in [7, 11) is 0. The molecule has 1 aromatic carbocycles. The number of hydrogen-bond acceptors (Lipinski definition) is 2.